The van der Waals surface area contributed by atoms with Gasteiger partial charge in [0, 0.05) is 11.6 Å². The van der Waals surface area contributed by atoms with Gasteiger partial charge in [-0.15, -0.1) is 5.10 Å². The molecule has 0 radical (unpaired) electrons. The molecule has 11 nitrogen and oxygen atoms in total. The van der Waals surface area contributed by atoms with Crippen molar-refractivity contribution >= 4 is 29.2 Å². The first-order valence-corrected chi connectivity index (χ1v) is 9.24. The first-order valence-electron chi connectivity index (χ1n) is 8.48. The maximum Gasteiger partial charge on any atom is 0.362 e. The number of halogens is 2. The number of aromatic nitrogens is 5. The number of nitrogens with one attached hydrogen (secondary N) is 2. The van der Waals surface area contributed by atoms with Gasteiger partial charge in [0.05, 0.1) is 15.7 Å². The van der Waals surface area contributed by atoms with Gasteiger partial charge in [0.15, 0.2) is 5.75 Å². The first kappa shape index (κ1) is 19.9. The van der Waals surface area contributed by atoms with Crippen molar-refractivity contribution in [3.8, 4) is 17.3 Å². The lowest BCUT2D eigenvalue weighted by molar-refractivity contribution is 0.0685. The number of aromatic amines is 2. The van der Waals surface area contributed by atoms with Gasteiger partial charge in [-0.2, -0.15) is 9.78 Å². The quantitative estimate of drug-likeness (QED) is 0.527. The zero-order chi connectivity index (χ0) is 21.6. The predicted molar refractivity (Wildman–Crippen MR) is 104 cm³/mol. The van der Waals surface area contributed by atoms with Crippen molar-refractivity contribution in [1.29, 1.82) is 0 Å². The third kappa shape index (κ3) is 3.72. The molecule has 0 unspecified atom stereocenters. The van der Waals surface area contributed by atoms with E-state index in [9.17, 15) is 19.2 Å². The molecule has 30 heavy (non-hydrogen) atoms. The standard InChI is InChI=1S/C17H11Cl2N5O6/c18-9-3-7(24-17(29)20-15(26)12(23-24)16(27)28)4-10(19)13(9)30-11-5-8(6-1-2-6)14(25)22-21-11/h3-6H,1-2H2,(H,22,25)(H,27,28)(H,20,26,29). The molecule has 1 aliphatic rings. The fourth-order valence-corrected chi connectivity index (χ4v) is 3.29. The summed E-state index contributed by atoms with van der Waals surface area (Å²) in [7, 11) is 0. The summed E-state index contributed by atoms with van der Waals surface area (Å²) in [5.41, 5.74) is -2.76. The number of hydrogen-bond donors (Lipinski definition) is 3. The van der Waals surface area contributed by atoms with E-state index in [4.69, 9.17) is 33.0 Å². The van der Waals surface area contributed by atoms with Gasteiger partial charge in [0.2, 0.25) is 11.6 Å². The highest BCUT2D eigenvalue weighted by atomic mass is 35.5. The van der Waals surface area contributed by atoms with E-state index < -0.39 is 22.9 Å². The maximum atomic E-state index is 12.0. The van der Waals surface area contributed by atoms with E-state index in [1.54, 1.807) is 0 Å². The van der Waals surface area contributed by atoms with Crippen LogP contribution in [0.4, 0.5) is 0 Å². The number of nitrogens with zero attached hydrogens (tertiary/aromatic N) is 3. The summed E-state index contributed by atoms with van der Waals surface area (Å²) >= 11 is 12.5. The molecule has 0 saturated heterocycles. The topological polar surface area (TPSA) is 160 Å². The van der Waals surface area contributed by atoms with Crippen LogP contribution in [0.1, 0.15) is 34.8 Å². The molecule has 0 atom stereocenters. The average molecular weight is 452 g/mol. The second-order valence-electron chi connectivity index (χ2n) is 6.43. The van der Waals surface area contributed by atoms with Gasteiger partial charge in [0.25, 0.3) is 11.1 Å². The summed E-state index contributed by atoms with van der Waals surface area (Å²) in [6.45, 7) is 0. The van der Waals surface area contributed by atoms with Gasteiger partial charge in [-0.3, -0.25) is 14.6 Å². The normalized spacial score (nSPS) is 13.3. The lowest BCUT2D eigenvalue weighted by Gasteiger charge is -2.12. The van der Waals surface area contributed by atoms with E-state index in [2.05, 4.69) is 15.3 Å². The van der Waals surface area contributed by atoms with Crippen LogP contribution in [0.15, 0.2) is 32.6 Å². The van der Waals surface area contributed by atoms with E-state index >= 15 is 0 Å². The Labute approximate surface area is 175 Å². The second-order valence-corrected chi connectivity index (χ2v) is 7.24. The van der Waals surface area contributed by atoms with E-state index in [-0.39, 0.29) is 38.8 Å². The van der Waals surface area contributed by atoms with Crippen molar-refractivity contribution in [3.05, 3.63) is 70.7 Å². The Bertz CT molecular complexity index is 1330. The lowest BCUT2D eigenvalue weighted by atomic mass is 10.2. The molecule has 3 N–H and O–H groups in total. The number of benzene rings is 1. The molecule has 0 bridgehead atoms. The maximum absolute atomic E-state index is 12.0. The van der Waals surface area contributed by atoms with Crippen LogP contribution in [0.25, 0.3) is 5.69 Å². The summed E-state index contributed by atoms with van der Waals surface area (Å²) < 4.78 is 6.25. The minimum atomic E-state index is -1.61. The van der Waals surface area contributed by atoms with Crippen LogP contribution in [0.5, 0.6) is 11.6 Å². The second kappa shape index (κ2) is 7.43. The van der Waals surface area contributed by atoms with E-state index in [0.717, 1.165) is 12.8 Å². The smallest absolute Gasteiger partial charge is 0.362 e. The third-order valence-electron chi connectivity index (χ3n) is 4.29. The number of carbonyl (C=O) groups is 1. The zero-order valence-corrected chi connectivity index (χ0v) is 16.3. The van der Waals surface area contributed by atoms with Crippen LogP contribution in [0.2, 0.25) is 10.0 Å². The molecule has 0 aliphatic heterocycles. The summed E-state index contributed by atoms with van der Waals surface area (Å²) in [6.07, 6.45) is 1.81. The predicted octanol–water partition coefficient (Wildman–Crippen LogP) is 1.68. The van der Waals surface area contributed by atoms with Gasteiger partial charge in [-0.25, -0.2) is 14.7 Å². The molecule has 13 heteroatoms. The molecule has 1 fully saturated rings. The molecule has 1 aromatic carbocycles. The average Bonchev–Trinajstić information content (AvgIpc) is 3.50. The minimum Gasteiger partial charge on any atom is -0.476 e. The van der Waals surface area contributed by atoms with Crippen LogP contribution in [0, 0.1) is 0 Å². The Kier molecular flexibility index (Phi) is 4.92. The first-order chi connectivity index (χ1) is 14.2. The van der Waals surface area contributed by atoms with Crippen LogP contribution in [0.3, 0.4) is 0 Å². The highest BCUT2D eigenvalue weighted by Gasteiger charge is 2.27. The fraction of sp³-hybridized carbons (Fsp3) is 0.176. The van der Waals surface area contributed by atoms with Crippen LogP contribution in [-0.2, 0) is 0 Å². The van der Waals surface area contributed by atoms with E-state index in [1.807, 2.05) is 4.98 Å². The molecule has 1 saturated carbocycles. The van der Waals surface area contributed by atoms with Crippen molar-refractivity contribution in [2.24, 2.45) is 0 Å². The van der Waals surface area contributed by atoms with Gasteiger partial charge in [-0.05, 0) is 30.9 Å². The van der Waals surface area contributed by atoms with Gasteiger partial charge >= 0.3 is 11.7 Å². The monoisotopic (exact) mass is 451 g/mol. The Morgan fingerprint density at radius 1 is 1.13 bits per heavy atom. The fourth-order valence-electron chi connectivity index (χ4n) is 2.74. The van der Waals surface area contributed by atoms with E-state index in [0.29, 0.717) is 10.2 Å². The zero-order valence-electron chi connectivity index (χ0n) is 14.8. The van der Waals surface area contributed by atoms with Crippen molar-refractivity contribution < 1.29 is 14.6 Å². The number of ether oxygens (including phenoxy) is 1. The highest BCUT2D eigenvalue weighted by molar-refractivity contribution is 6.37. The Hall–Kier alpha value is -3.44. The van der Waals surface area contributed by atoms with Crippen molar-refractivity contribution in [2.75, 3.05) is 0 Å². The summed E-state index contributed by atoms with van der Waals surface area (Å²) in [5.74, 6) is -1.38. The number of hydrogen-bond acceptors (Lipinski definition) is 7. The highest BCUT2D eigenvalue weighted by Crippen LogP contribution is 2.41. The number of carboxylic acid groups (broad SMARTS) is 1. The third-order valence-corrected chi connectivity index (χ3v) is 4.85. The minimum absolute atomic E-state index is 0.000638. The Morgan fingerprint density at radius 2 is 1.80 bits per heavy atom. The SMILES string of the molecule is O=C(O)c1nn(-c2cc(Cl)c(Oc3cc(C4CC4)c(=O)[nH]n3)c(Cl)c2)c(=O)[nH]c1=O. The van der Waals surface area contributed by atoms with E-state index in [1.165, 1.54) is 18.2 Å². The summed E-state index contributed by atoms with van der Waals surface area (Å²) in [6, 6.07) is 3.99. The van der Waals surface area contributed by atoms with Crippen LogP contribution >= 0.6 is 23.2 Å². The molecule has 0 spiro atoms. The molecule has 3 aromatic rings. The molecular formula is C17H11Cl2N5O6. The molecule has 2 heterocycles. The molecule has 1 aliphatic carbocycles. The van der Waals surface area contributed by atoms with Crippen LogP contribution in [-0.4, -0.2) is 36.0 Å². The van der Waals surface area contributed by atoms with Gasteiger partial charge in [0.1, 0.15) is 0 Å². The Balaban J connectivity index is 1.73. The Morgan fingerprint density at radius 3 is 2.40 bits per heavy atom. The summed E-state index contributed by atoms with van der Waals surface area (Å²) in [5, 5.41) is 18.6. The molecule has 154 valence electrons. The van der Waals surface area contributed by atoms with Crippen molar-refractivity contribution in [3.63, 3.8) is 0 Å². The molecule has 4 rings (SSSR count). The van der Waals surface area contributed by atoms with Gasteiger partial charge in [-0.1, -0.05) is 23.2 Å². The number of rotatable bonds is 5. The number of aromatic carboxylic acids is 1. The number of H-pyrrole nitrogens is 2. The summed E-state index contributed by atoms with van der Waals surface area (Å²) in [4.78, 5) is 48.4. The lowest BCUT2D eigenvalue weighted by Crippen LogP contribution is -2.35. The van der Waals surface area contributed by atoms with Crippen molar-refractivity contribution in [2.45, 2.75) is 18.8 Å². The molecule has 2 aromatic heterocycles. The van der Waals surface area contributed by atoms with Crippen molar-refractivity contribution in [1.82, 2.24) is 25.0 Å². The van der Waals surface area contributed by atoms with Gasteiger partial charge < -0.3 is 9.84 Å². The molecular weight excluding hydrogens is 441 g/mol. The largest absolute Gasteiger partial charge is 0.476 e. The molecule has 0 amide bonds. The number of carboxylic acids is 1. The van der Waals surface area contributed by atoms with Crippen LogP contribution < -0.4 is 21.5 Å².